The molecule has 2 saturated heterocycles. The summed E-state index contributed by atoms with van der Waals surface area (Å²) in [5, 5.41) is 0. The number of nitrogens with zero attached hydrogens (tertiary/aromatic N) is 4. The fourth-order valence-corrected chi connectivity index (χ4v) is 5.55. The van der Waals surface area contributed by atoms with Gasteiger partial charge in [0.05, 0.1) is 19.1 Å². The molecule has 0 bridgehead atoms. The van der Waals surface area contributed by atoms with Gasteiger partial charge in [0.2, 0.25) is 11.8 Å². The molecular formula is C26H31FN4O3. The SMILES string of the molecule is COc1ccc2c(c1)N1CCN(c3ccc(F)cc3)CC1C(C(=O)N1CCN(C(C)=O)CC1)C2. The van der Waals surface area contributed by atoms with Gasteiger partial charge in [-0.3, -0.25) is 9.59 Å². The lowest BCUT2D eigenvalue weighted by molar-refractivity contribution is -0.142. The molecule has 34 heavy (non-hydrogen) atoms. The molecule has 7 nitrogen and oxygen atoms in total. The summed E-state index contributed by atoms with van der Waals surface area (Å²) in [6, 6.07) is 12.7. The molecule has 5 rings (SSSR count). The highest BCUT2D eigenvalue weighted by atomic mass is 19.1. The lowest BCUT2D eigenvalue weighted by Gasteiger charge is -2.50. The molecule has 3 aliphatic rings. The van der Waals surface area contributed by atoms with Crippen LogP contribution in [0.15, 0.2) is 42.5 Å². The van der Waals surface area contributed by atoms with Crippen LogP contribution < -0.4 is 14.5 Å². The minimum atomic E-state index is -0.251. The largest absolute Gasteiger partial charge is 0.497 e. The molecule has 2 aromatic carbocycles. The van der Waals surface area contributed by atoms with E-state index in [1.165, 1.54) is 12.1 Å². The van der Waals surface area contributed by atoms with Crippen LogP contribution in [0.1, 0.15) is 12.5 Å². The van der Waals surface area contributed by atoms with E-state index in [2.05, 4.69) is 21.9 Å². The smallest absolute Gasteiger partial charge is 0.228 e. The van der Waals surface area contributed by atoms with Gasteiger partial charge in [-0.15, -0.1) is 0 Å². The first-order valence-electron chi connectivity index (χ1n) is 11.9. The average Bonchev–Trinajstić information content (AvgIpc) is 2.87. The third-order valence-corrected chi connectivity index (χ3v) is 7.47. The number of benzene rings is 2. The molecule has 0 saturated carbocycles. The number of fused-ring (bicyclic) bond motifs is 3. The van der Waals surface area contributed by atoms with Crippen molar-refractivity contribution in [3.8, 4) is 5.75 Å². The molecule has 0 aromatic heterocycles. The van der Waals surface area contributed by atoms with E-state index in [0.717, 1.165) is 35.8 Å². The third-order valence-electron chi connectivity index (χ3n) is 7.47. The van der Waals surface area contributed by atoms with Crippen molar-refractivity contribution in [2.75, 3.05) is 62.7 Å². The van der Waals surface area contributed by atoms with Gasteiger partial charge in [-0.05, 0) is 42.3 Å². The van der Waals surface area contributed by atoms with E-state index in [4.69, 9.17) is 4.74 Å². The van der Waals surface area contributed by atoms with E-state index in [0.29, 0.717) is 39.1 Å². The van der Waals surface area contributed by atoms with Gasteiger partial charge in [-0.2, -0.15) is 0 Å². The number of amides is 2. The lowest BCUT2D eigenvalue weighted by atomic mass is 9.82. The maximum atomic E-state index is 13.8. The standard InChI is InChI=1S/C26H31FN4O3/c1-18(32)28-9-11-29(12-10-28)26(33)23-15-19-3-8-22(34-2)16-24(19)31-14-13-30(17-25(23)31)21-6-4-20(27)5-7-21/h3-8,16,23,25H,9-15,17H2,1-2H3. The topological polar surface area (TPSA) is 56.3 Å². The maximum absolute atomic E-state index is 13.8. The molecule has 180 valence electrons. The molecule has 0 N–H and O–H groups in total. The fraction of sp³-hybridized carbons (Fsp3) is 0.462. The summed E-state index contributed by atoms with van der Waals surface area (Å²) in [5.41, 5.74) is 3.26. The van der Waals surface area contributed by atoms with Crippen molar-refractivity contribution in [1.82, 2.24) is 9.80 Å². The van der Waals surface area contributed by atoms with Gasteiger partial charge in [0, 0.05) is 70.2 Å². The first-order valence-corrected chi connectivity index (χ1v) is 11.9. The van der Waals surface area contributed by atoms with E-state index in [-0.39, 0.29) is 29.6 Å². The van der Waals surface area contributed by atoms with Crippen molar-refractivity contribution in [2.45, 2.75) is 19.4 Å². The molecule has 2 fully saturated rings. The molecule has 0 radical (unpaired) electrons. The van der Waals surface area contributed by atoms with Crippen LogP contribution >= 0.6 is 0 Å². The average molecular weight is 467 g/mol. The van der Waals surface area contributed by atoms with Gasteiger partial charge in [0.25, 0.3) is 0 Å². The van der Waals surface area contributed by atoms with Crippen LogP contribution in [0, 0.1) is 11.7 Å². The number of ether oxygens (including phenoxy) is 1. The molecular weight excluding hydrogens is 435 g/mol. The minimum Gasteiger partial charge on any atom is -0.497 e. The van der Waals surface area contributed by atoms with Gasteiger partial charge in [-0.1, -0.05) is 6.07 Å². The van der Waals surface area contributed by atoms with E-state index < -0.39 is 0 Å². The van der Waals surface area contributed by atoms with E-state index in [1.54, 1.807) is 18.9 Å². The van der Waals surface area contributed by atoms with Gasteiger partial charge in [0.15, 0.2) is 0 Å². The molecule has 2 amide bonds. The van der Waals surface area contributed by atoms with E-state index in [1.807, 2.05) is 23.1 Å². The molecule has 0 aliphatic carbocycles. The van der Waals surface area contributed by atoms with Gasteiger partial charge >= 0.3 is 0 Å². The van der Waals surface area contributed by atoms with Crippen LogP contribution in [0.5, 0.6) is 5.75 Å². The Morgan fingerprint density at radius 2 is 1.65 bits per heavy atom. The Labute approximate surface area is 199 Å². The number of piperazine rings is 2. The van der Waals surface area contributed by atoms with Crippen LogP contribution in [0.4, 0.5) is 15.8 Å². The zero-order valence-corrected chi connectivity index (χ0v) is 19.7. The maximum Gasteiger partial charge on any atom is 0.228 e. The molecule has 2 aromatic rings. The predicted molar refractivity (Wildman–Crippen MR) is 129 cm³/mol. The van der Waals surface area contributed by atoms with Crippen LogP contribution in [-0.4, -0.2) is 80.6 Å². The van der Waals surface area contributed by atoms with Crippen LogP contribution in [0.2, 0.25) is 0 Å². The Balaban J connectivity index is 1.43. The summed E-state index contributed by atoms with van der Waals surface area (Å²) in [6.45, 7) is 6.12. The Morgan fingerprint density at radius 3 is 2.32 bits per heavy atom. The van der Waals surface area contributed by atoms with Gasteiger partial charge in [-0.25, -0.2) is 4.39 Å². The van der Waals surface area contributed by atoms with E-state index in [9.17, 15) is 14.0 Å². The van der Waals surface area contributed by atoms with Gasteiger partial charge < -0.3 is 24.3 Å². The third kappa shape index (κ3) is 4.17. The first kappa shape index (κ1) is 22.5. The lowest BCUT2D eigenvalue weighted by Crippen LogP contribution is -2.62. The second kappa shape index (κ2) is 9.16. The summed E-state index contributed by atoms with van der Waals surface area (Å²) in [5.74, 6) is 0.581. The van der Waals surface area contributed by atoms with Crippen molar-refractivity contribution in [3.63, 3.8) is 0 Å². The number of hydrogen-bond acceptors (Lipinski definition) is 5. The zero-order chi connectivity index (χ0) is 23.8. The highest BCUT2D eigenvalue weighted by Crippen LogP contribution is 2.39. The van der Waals surface area contributed by atoms with Crippen LogP contribution in [-0.2, 0) is 16.0 Å². The molecule has 3 aliphatic heterocycles. The predicted octanol–water partition coefficient (Wildman–Crippen LogP) is 2.39. The zero-order valence-electron chi connectivity index (χ0n) is 19.7. The Hall–Kier alpha value is -3.29. The number of carbonyl (C=O) groups excluding carboxylic acids is 2. The second-order valence-electron chi connectivity index (χ2n) is 9.32. The summed E-state index contributed by atoms with van der Waals surface area (Å²) in [4.78, 5) is 33.9. The molecule has 0 spiro atoms. The highest BCUT2D eigenvalue weighted by Gasteiger charge is 2.43. The Kier molecular flexibility index (Phi) is 6.06. The summed E-state index contributed by atoms with van der Waals surface area (Å²) >= 11 is 0. The van der Waals surface area contributed by atoms with E-state index >= 15 is 0 Å². The Morgan fingerprint density at radius 1 is 0.941 bits per heavy atom. The quantitative estimate of drug-likeness (QED) is 0.696. The normalized spacial score (nSPS) is 22.2. The second-order valence-corrected chi connectivity index (χ2v) is 9.32. The summed E-state index contributed by atoms with van der Waals surface area (Å²) in [7, 11) is 1.67. The summed E-state index contributed by atoms with van der Waals surface area (Å²) < 4.78 is 19.0. The molecule has 2 atom stereocenters. The molecule has 8 heteroatoms. The van der Waals surface area contributed by atoms with Crippen molar-refractivity contribution >= 4 is 23.2 Å². The van der Waals surface area contributed by atoms with Crippen molar-refractivity contribution in [2.24, 2.45) is 5.92 Å². The van der Waals surface area contributed by atoms with Crippen molar-refractivity contribution in [3.05, 3.63) is 53.8 Å². The highest BCUT2D eigenvalue weighted by molar-refractivity contribution is 5.83. The monoisotopic (exact) mass is 466 g/mol. The number of anilines is 2. The number of methoxy groups -OCH3 is 1. The van der Waals surface area contributed by atoms with Gasteiger partial charge in [0.1, 0.15) is 11.6 Å². The van der Waals surface area contributed by atoms with Crippen LogP contribution in [0.25, 0.3) is 0 Å². The fourth-order valence-electron chi connectivity index (χ4n) is 5.55. The minimum absolute atomic E-state index is 0.00301. The number of halogens is 1. The number of rotatable bonds is 3. The first-order chi connectivity index (χ1) is 16.4. The summed E-state index contributed by atoms with van der Waals surface area (Å²) in [6.07, 6.45) is 0.670. The molecule has 3 heterocycles. The van der Waals surface area contributed by atoms with Crippen molar-refractivity contribution < 1.29 is 18.7 Å². The number of hydrogen-bond donors (Lipinski definition) is 0. The molecule has 2 unspecified atom stereocenters. The number of carbonyl (C=O) groups is 2. The van der Waals surface area contributed by atoms with Crippen molar-refractivity contribution in [1.29, 1.82) is 0 Å². The van der Waals surface area contributed by atoms with Crippen LogP contribution in [0.3, 0.4) is 0 Å². The Bertz CT molecular complexity index is 1070.